The number of hydrogen-bond donors (Lipinski definition) is 1. The van der Waals surface area contributed by atoms with Crippen molar-refractivity contribution < 1.29 is 5.11 Å². The molecule has 0 heterocycles. The second-order valence-corrected chi connectivity index (χ2v) is 8.87. The molecule has 0 aromatic heterocycles. The molecule has 1 aromatic carbocycles. The lowest BCUT2D eigenvalue weighted by Gasteiger charge is -2.27. The molecule has 1 aliphatic carbocycles. The molecule has 0 bridgehead atoms. The van der Waals surface area contributed by atoms with Gasteiger partial charge in [-0.2, -0.15) is 0 Å². The highest BCUT2D eigenvalue weighted by molar-refractivity contribution is 5.48. The number of aromatic hydroxyl groups is 1. The van der Waals surface area contributed by atoms with Crippen molar-refractivity contribution in [3.05, 3.63) is 65.3 Å². The third-order valence-electron chi connectivity index (χ3n) is 4.57. The molecule has 1 heteroatoms. The van der Waals surface area contributed by atoms with Gasteiger partial charge in [0.2, 0.25) is 0 Å². The van der Waals surface area contributed by atoms with Gasteiger partial charge in [-0.25, -0.2) is 0 Å². The van der Waals surface area contributed by atoms with E-state index in [9.17, 15) is 5.11 Å². The fraction of sp³-hybridized carbons (Fsp3) is 0.478. The average Bonchev–Trinajstić information content (AvgIpc) is 2.47. The number of hydrogen-bond acceptors (Lipinski definition) is 1. The van der Waals surface area contributed by atoms with Crippen LogP contribution in [0.5, 0.6) is 5.75 Å². The van der Waals surface area contributed by atoms with Gasteiger partial charge < -0.3 is 5.11 Å². The second kappa shape index (κ2) is 7.01. The molecule has 1 aliphatic rings. The van der Waals surface area contributed by atoms with Gasteiger partial charge in [0, 0.05) is 0 Å². The number of benzene rings is 1. The lowest BCUT2D eigenvalue weighted by Crippen LogP contribution is -2.17. The first-order valence-corrected chi connectivity index (χ1v) is 8.96. The van der Waals surface area contributed by atoms with E-state index in [0.29, 0.717) is 11.7 Å². The van der Waals surface area contributed by atoms with E-state index in [-0.39, 0.29) is 10.8 Å². The molecule has 0 saturated carbocycles. The largest absolute Gasteiger partial charge is 0.508 e. The van der Waals surface area contributed by atoms with Gasteiger partial charge in [0.15, 0.2) is 0 Å². The third kappa shape index (κ3) is 4.63. The van der Waals surface area contributed by atoms with Gasteiger partial charge in [0.05, 0.1) is 0 Å². The van der Waals surface area contributed by atoms with Crippen molar-refractivity contribution in [2.45, 2.75) is 65.2 Å². The van der Waals surface area contributed by atoms with Gasteiger partial charge in [0.1, 0.15) is 5.75 Å². The summed E-state index contributed by atoms with van der Waals surface area (Å²) in [5.74, 6) is 0.924. The molecule has 1 unspecified atom stereocenters. The van der Waals surface area contributed by atoms with Crippen LogP contribution in [0, 0.1) is 5.92 Å². The van der Waals surface area contributed by atoms with Crippen LogP contribution in [0.3, 0.4) is 0 Å². The Morgan fingerprint density at radius 3 is 2.21 bits per heavy atom. The van der Waals surface area contributed by atoms with E-state index in [0.717, 1.165) is 18.4 Å². The van der Waals surface area contributed by atoms with Crippen molar-refractivity contribution in [1.29, 1.82) is 0 Å². The topological polar surface area (TPSA) is 20.2 Å². The van der Waals surface area contributed by atoms with Gasteiger partial charge in [-0.05, 0) is 52.3 Å². The summed E-state index contributed by atoms with van der Waals surface area (Å²) in [7, 11) is 0. The second-order valence-electron chi connectivity index (χ2n) is 8.87. The van der Waals surface area contributed by atoms with E-state index >= 15 is 0 Å². The van der Waals surface area contributed by atoms with E-state index in [1.807, 2.05) is 6.07 Å². The van der Waals surface area contributed by atoms with Gasteiger partial charge in [-0.15, -0.1) is 0 Å². The van der Waals surface area contributed by atoms with Crippen LogP contribution in [0.2, 0.25) is 0 Å². The SMILES string of the molecule is CC(C)(C)c1cc(CC=CC2C=CC=CC2)c(C(C)(C)C)cc1O. The Kier molecular flexibility index (Phi) is 5.42. The summed E-state index contributed by atoms with van der Waals surface area (Å²) in [6, 6.07) is 4.18. The molecule has 1 atom stereocenters. The molecular formula is C23H32O. The quantitative estimate of drug-likeness (QED) is 0.654. The summed E-state index contributed by atoms with van der Waals surface area (Å²) in [6.45, 7) is 13.1. The summed E-state index contributed by atoms with van der Waals surface area (Å²) in [5.41, 5.74) is 3.54. The van der Waals surface area contributed by atoms with E-state index in [4.69, 9.17) is 0 Å². The molecule has 0 amide bonds. The van der Waals surface area contributed by atoms with Crippen LogP contribution in [0.15, 0.2) is 48.6 Å². The zero-order chi connectivity index (χ0) is 18.0. The fourth-order valence-corrected chi connectivity index (χ4v) is 3.21. The van der Waals surface area contributed by atoms with Crippen molar-refractivity contribution in [3.63, 3.8) is 0 Å². The molecule has 2 rings (SSSR count). The van der Waals surface area contributed by atoms with Crippen LogP contribution in [0.25, 0.3) is 0 Å². The maximum Gasteiger partial charge on any atom is 0.119 e. The minimum absolute atomic E-state index is 0.0184. The first-order valence-electron chi connectivity index (χ1n) is 8.96. The molecule has 0 radical (unpaired) electrons. The predicted molar refractivity (Wildman–Crippen MR) is 105 cm³/mol. The molecule has 0 saturated heterocycles. The molecule has 1 aromatic rings. The number of allylic oxidation sites excluding steroid dienone is 6. The maximum atomic E-state index is 10.5. The summed E-state index contributed by atoms with van der Waals surface area (Å²) in [6.07, 6.45) is 15.3. The molecule has 130 valence electrons. The Morgan fingerprint density at radius 1 is 1.00 bits per heavy atom. The minimum atomic E-state index is -0.0597. The van der Waals surface area contributed by atoms with Crippen LogP contribution >= 0.6 is 0 Å². The van der Waals surface area contributed by atoms with E-state index in [2.05, 4.69) is 84.1 Å². The van der Waals surface area contributed by atoms with Gasteiger partial charge in [-0.1, -0.05) is 84.1 Å². The summed E-state index contributed by atoms with van der Waals surface area (Å²) in [4.78, 5) is 0. The maximum absolute atomic E-state index is 10.5. The van der Waals surface area contributed by atoms with Gasteiger partial charge in [0.25, 0.3) is 0 Å². The highest BCUT2D eigenvalue weighted by atomic mass is 16.3. The van der Waals surface area contributed by atoms with Crippen molar-refractivity contribution >= 4 is 0 Å². The van der Waals surface area contributed by atoms with Crippen molar-refractivity contribution in [3.8, 4) is 5.75 Å². The van der Waals surface area contributed by atoms with Gasteiger partial charge in [-0.3, -0.25) is 0 Å². The summed E-state index contributed by atoms with van der Waals surface area (Å²) >= 11 is 0. The monoisotopic (exact) mass is 324 g/mol. The van der Waals surface area contributed by atoms with Crippen molar-refractivity contribution in [2.24, 2.45) is 5.92 Å². The average molecular weight is 325 g/mol. The van der Waals surface area contributed by atoms with Crippen LogP contribution in [0.1, 0.15) is 64.7 Å². The Bertz CT molecular complexity index is 661. The highest BCUT2D eigenvalue weighted by Gasteiger charge is 2.24. The smallest absolute Gasteiger partial charge is 0.119 e. The highest BCUT2D eigenvalue weighted by Crippen LogP contribution is 2.37. The molecule has 0 fully saturated rings. The predicted octanol–water partition coefficient (Wildman–Crippen LogP) is 6.22. The van der Waals surface area contributed by atoms with Crippen molar-refractivity contribution in [1.82, 2.24) is 0 Å². The van der Waals surface area contributed by atoms with Crippen LogP contribution in [-0.2, 0) is 17.3 Å². The Morgan fingerprint density at radius 2 is 1.67 bits per heavy atom. The fourth-order valence-electron chi connectivity index (χ4n) is 3.21. The minimum Gasteiger partial charge on any atom is -0.508 e. The normalized spacial score (nSPS) is 18.5. The zero-order valence-corrected chi connectivity index (χ0v) is 16.1. The lowest BCUT2D eigenvalue weighted by atomic mass is 9.78. The summed E-state index contributed by atoms with van der Waals surface area (Å²) in [5, 5.41) is 10.5. The molecule has 24 heavy (non-hydrogen) atoms. The standard InChI is InChI=1S/C23H32O/c1-22(2,3)19-16-21(24)20(23(4,5)6)15-18(19)14-10-13-17-11-8-7-9-12-17/h7-11,13,15-17,24H,12,14H2,1-6H3. The number of rotatable bonds is 3. The lowest BCUT2D eigenvalue weighted by molar-refractivity contribution is 0.442. The summed E-state index contributed by atoms with van der Waals surface area (Å²) < 4.78 is 0. The molecule has 0 aliphatic heterocycles. The van der Waals surface area contributed by atoms with E-state index in [1.165, 1.54) is 11.1 Å². The molecule has 1 nitrogen and oxygen atoms in total. The molecular weight excluding hydrogens is 292 g/mol. The molecule has 1 N–H and O–H groups in total. The third-order valence-corrected chi connectivity index (χ3v) is 4.57. The van der Waals surface area contributed by atoms with E-state index in [1.54, 1.807) is 0 Å². The zero-order valence-electron chi connectivity index (χ0n) is 16.1. The number of phenolic OH excluding ortho intramolecular Hbond substituents is 1. The van der Waals surface area contributed by atoms with Crippen molar-refractivity contribution in [2.75, 3.05) is 0 Å². The van der Waals surface area contributed by atoms with E-state index < -0.39 is 0 Å². The molecule has 0 spiro atoms. The Balaban J connectivity index is 2.33. The van der Waals surface area contributed by atoms with Gasteiger partial charge >= 0.3 is 0 Å². The first kappa shape index (κ1) is 18.6. The van der Waals surface area contributed by atoms with Crippen LogP contribution in [-0.4, -0.2) is 5.11 Å². The van der Waals surface area contributed by atoms with Crippen LogP contribution in [0.4, 0.5) is 0 Å². The van der Waals surface area contributed by atoms with Crippen LogP contribution < -0.4 is 0 Å². The first-order chi connectivity index (χ1) is 11.1. The Hall–Kier alpha value is -1.76. The number of phenols is 1. The Labute approximate surface area is 147 Å².